The van der Waals surface area contributed by atoms with Gasteiger partial charge in [0.25, 0.3) is 0 Å². The molecule has 2 aromatic rings. The molecule has 21 heavy (non-hydrogen) atoms. The first kappa shape index (κ1) is 14.1. The van der Waals surface area contributed by atoms with Gasteiger partial charge in [-0.2, -0.15) is 5.10 Å². The van der Waals surface area contributed by atoms with Crippen LogP contribution < -0.4 is 16.0 Å². The zero-order chi connectivity index (χ0) is 14.8. The summed E-state index contributed by atoms with van der Waals surface area (Å²) in [6, 6.07) is 6.20. The molecule has 5 nitrogen and oxygen atoms in total. The first-order valence-corrected chi connectivity index (χ1v) is 7.47. The molecule has 0 amide bonds. The van der Waals surface area contributed by atoms with E-state index in [1.807, 2.05) is 17.9 Å². The van der Waals surface area contributed by atoms with E-state index >= 15 is 0 Å². The number of aromatic nitrogens is 2. The summed E-state index contributed by atoms with van der Waals surface area (Å²) in [4.78, 5) is 0. The van der Waals surface area contributed by atoms with Crippen molar-refractivity contribution in [1.29, 1.82) is 0 Å². The van der Waals surface area contributed by atoms with E-state index in [1.54, 1.807) is 0 Å². The summed E-state index contributed by atoms with van der Waals surface area (Å²) in [6.45, 7) is 2.88. The molecule has 0 saturated heterocycles. The number of hydrogen-bond acceptors (Lipinski definition) is 4. The maximum Gasteiger partial charge on any atom is 0.127 e. The molecule has 1 unspecified atom stereocenters. The minimum Gasteiger partial charge on any atom is -0.493 e. The molecule has 0 fully saturated rings. The number of nitrogens with one attached hydrogen (secondary N) is 1. The highest BCUT2D eigenvalue weighted by Gasteiger charge is 2.24. The van der Waals surface area contributed by atoms with Gasteiger partial charge in [-0.15, -0.1) is 0 Å². The molecular formula is C16H22N4O. The number of hydrogen-bond donors (Lipinski definition) is 2. The second-order valence-corrected chi connectivity index (χ2v) is 5.45. The first-order valence-electron chi connectivity index (χ1n) is 7.47. The van der Waals surface area contributed by atoms with E-state index in [0.717, 1.165) is 48.4 Å². The molecular weight excluding hydrogens is 264 g/mol. The molecule has 0 radical (unpaired) electrons. The molecule has 5 heteroatoms. The van der Waals surface area contributed by atoms with Gasteiger partial charge in [-0.25, -0.2) is 5.43 Å². The van der Waals surface area contributed by atoms with Crippen LogP contribution in [-0.2, 0) is 19.9 Å². The number of ether oxygens (including phenoxy) is 1. The van der Waals surface area contributed by atoms with Crippen LogP contribution in [0.25, 0.3) is 0 Å². The maximum atomic E-state index is 5.92. The minimum absolute atomic E-state index is 0.0956. The van der Waals surface area contributed by atoms with Gasteiger partial charge < -0.3 is 4.74 Å². The Morgan fingerprint density at radius 1 is 1.43 bits per heavy atom. The number of aryl methyl sites for hydroxylation is 3. The van der Waals surface area contributed by atoms with Crippen molar-refractivity contribution >= 4 is 0 Å². The second kappa shape index (κ2) is 5.87. The zero-order valence-corrected chi connectivity index (χ0v) is 12.6. The first-order chi connectivity index (χ1) is 10.2. The molecule has 1 atom stereocenters. The van der Waals surface area contributed by atoms with Crippen LogP contribution in [0, 0.1) is 0 Å². The van der Waals surface area contributed by atoms with Crippen LogP contribution in [0.2, 0.25) is 0 Å². The SMILES string of the molecule is CCc1nn(C)cc1C(NN)c1cccc2c1OCCC2. The average Bonchev–Trinajstić information content (AvgIpc) is 2.89. The standard InChI is InChI=1S/C16H22N4O/c1-3-14-13(10-20(2)19-14)15(18-17)12-8-4-6-11-7-5-9-21-16(11)12/h4,6,8,10,15,18H,3,5,7,9,17H2,1-2H3. The number of para-hydroxylation sites is 1. The van der Waals surface area contributed by atoms with Crippen LogP contribution in [-0.4, -0.2) is 16.4 Å². The number of nitrogens with zero attached hydrogens (tertiary/aromatic N) is 2. The number of nitrogens with two attached hydrogens (primary N) is 1. The summed E-state index contributed by atoms with van der Waals surface area (Å²) in [7, 11) is 1.94. The van der Waals surface area contributed by atoms with Crippen LogP contribution >= 0.6 is 0 Å². The van der Waals surface area contributed by atoms with Crippen molar-refractivity contribution in [2.45, 2.75) is 32.2 Å². The van der Waals surface area contributed by atoms with Crippen molar-refractivity contribution in [1.82, 2.24) is 15.2 Å². The van der Waals surface area contributed by atoms with Gasteiger partial charge in [0.05, 0.1) is 18.3 Å². The van der Waals surface area contributed by atoms with Crippen molar-refractivity contribution in [3.05, 3.63) is 46.8 Å². The number of hydrazine groups is 1. The Balaban J connectivity index is 2.08. The summed E-state index contributed by atoms with van der Waals surface area (Å²) in [5.74, 6) is 6.84. The van der Waals surface area contributed by atoms with E-state index in [9.17, 15) is 0 Å². The quantitative estimate of drug-likeness (QED) is 0.665. The molecule has 2 heterocycles. The van der Waals surface area contributed by atoms with Crippen LogP contribution in [0.1, 0.15) is 41.8 Å². The van der Waals surface area contributed by atoms with Crippen molar-refractivity contribution < 1.29 is 4.74 Å². The van der Waals surface area contributed by atoms with Crippen molar-refractivity contribution in [3.63, 3.8) is 0 Å². The molecule has 3 rings (SSSR count). The Kier molecular flexibility index (Phi) is 3.94. The number of rotatable bonds is 4. The fourth-order valence-electron chi connectivity index (χ4n) is 3.06. The Hall–Kier alpha value is -1.85. The number of benzene rings is 1. The monoisotopic (exact) mass is 286 g/mol. The predicted octanol–water partition coefficient (Wildman–Crippen LogP) is 1.86. The second-order valence-electron chi connectivity index (χ2n) is 5.45. The van der Waals surface area contributed by atoms with Gasteiger partial charge in [0.15, 0.2) is 0 Å². The molecule has 1 aliphatic heterocycles. The third kappa shape index (κ3) is 2.54. The fraction of sp³-hybridized carbons (Fsp3) is 0.438. The van der Waals surface area contributed by atoms with E-state index in [2.05, 4.69) is 35.6 Å². The minimum atomic E-state index is -0.0956. The molecule has 1 aromatic heterocycles. The average molecular weight is 286 g/mol. The van der Waals surface area contributed by atoms with Gasteiger partial charge >= 0.3 is 0 Å². The van der Waals surface area contributed by atoms with Crippen molar-refractivity contribution in [2.24, 2.45) is 12.9 Å². The lowest BCUT2D eigenvalue weighted by molar-refractivity contribution is 0.283. The van der Waals surface area contributed by atoms with Gasteiger partial charge in [0.1, 0.15) is 5.75 Å². The summed E-state index contributed by atoms with van der Waals surface area (Å²) in [5, 5.41) is 4.52. The van der Waals surface area contributed by atoms with Gasteiger partial charge in [0.2, 0.25) is 0 Å². The maximum absolute atomic E-state index is 5.92. The molecule has 3 N–H and O–H groups in total. The molecule has 0 saturated carbocycles. The summed E-state index contributed by atoms with van der Waals surface area (Å²) in [6.07, 6.45) is 5.05. The molecule has 112 valence electrons. The lowest BCUT2D eigenvalue weighted by Gasteiger charge is -2.25. The molecule has 0 bridgehead atoms. The summed E-state index contributed by atoms with van der Waals surface area (Å²) < 4.78 is 7.76. The Morgan fingerprint density at radius 3 is 3.05 bits per heavy atom. The molecule has 0 spiro atoms. The largest absolute Gasteiger partial charge is 0.493 e. The van der Waals surface area contributed by atoms with E-state index in [0.29, 0.717) is 0 Å². The summed E-state index contributed by atoms with van der Waals surface area (Å²) >= 11 is 0. The Bertz CT molecular complexity index is 635. The lowest BCUT2D eigenvalue weighted by Crippen LogP contribution is -2.30. The van der Waals surface area contributed by atoms with Crippen molar-refractivity contribution in [3.8, 4) is 5.75 Å². The number of fused-ring (bicyclic) bond motifs is 1. The third-order valence-electron chi connectivity index (χ3n) is 4.03. The van der Waals surface area contributed by atoms with Gasteiger partial charge in [-0.1, -0.05) is 25.1 Å². The topological polar surface area (TPSA) is 65.1 Å². The lowest BCUT2D eigenvalue weighted by atomic mass is 9.94. The van der Waals surface area contributed by atoms with E-state index in [-0.39, 0.29) is 6.04 Å². The van der Waals surface area contributed by atoms with Crippen LogP contribution in [0.3, 0.4) is 0 Å². The smallest absolute Gasteiger partial charge is 0.127 e. The van der Waals surface area contributed by atoms with Crippen LogP contribution in [0.15, 0.2) is 24.4 Å². The molecule has 1 aliphatic rings. The Labute approximate surface area is 125 Å². The van der Waals surface area contributed by atoms with Crippen molar-refractivity contribution in [2.75, 3.05) is 6.61 Å². The third-order valence-corrected chi connectivity index (χ3v) is 4.03. The van der Waals surface area contributed by atoms with Gasteiger partial charge in [-0.05, 0) is 24.8 Å². The summed E-state index contributed by atoms with van der Waals surface area (Å²) in [5.41, 5.74) is 7.48. The molecule has 0 aliphatic carbocycles. The molecule has 1 aromatic carbocycles. The van der Waals surface area contributed by atoms with E-state index in [1.165, 1.54) is 5.56 Å². The highest BCUT2D eigenvalue weighted by Crippen LogP contribution is 2.36. The van der Waals surface area contributed by atoms with Gasteiger partial charge in [0, 0.05) is 24.4 Å². The van der Waals surface area contributed by atoms with Crippen LogP contribution in [0.5, 0.6) is 5.75 Å². The zero-order valence-electron chi connectivity index (χ0n) is 12.6. The fourth-order valence-corrected chi connectivity index (χ4v) is 3.06. The highest BCUT2D eigenvalue weighted by molar-refractivity contribution is 5.48. The highest BCUT2D eigenvalue weighted by atomic mass is 16.5. The normalized spacial score (nSPS) is 15.4. The van der Waals surface area contributed by atoms with E-state index in [4.69, 9.17) is 10.6 Å². The van der Waals surface area contributed by atoms with Gasteiger partial charge in [-0.3, -0.25) is 10.5 Å². The van der Waals surface area contributed by atoms with E-state index < -0.39 is 0 Å². The van der Waals surface area contributed by atoms with Crippen LogP contribution in [0.4, 0.5) is 0 Å². The predicted molar refractivity (Wildman–Crippen MR) is 82.0 cm³/mol. The Morgan fingerprint density at radius 2 is 2.29 bits per heavy atom.